The van der Waals surface area contributed by atoms with Gasteiger partial charge in [0, 0.05) is 10.3 Å². The van der Waals surface area contributed by atoms with Crippen molar-refractivity contribution in [3.8, 4) is 0 Å². The van der Waals surface area contributed by atoms with Gasteiger partial charge in [-0.15, -0.1) is 23.1 Å². The van der Waals surface area contributed by atoms with Crippen LogP contribution in [0.15, 0.2) is 40.9 Å². The molecule has 22 heavy (non-hydrogen) atoms. The van der Waals surface area contributed by atoms with Gasteiger partial charge in [-0.3, -0.25) is 0 Å². The predicted octanol–water partition coefficient (Wildman–Crippen LogP) is 5.80. The SMILES string of the molecule is CCSc1ccc(C(C)Cc2ncnc3scc(Cl)c23)cc1. The van der Waals surface area contributed by atoms with E-state index in [1.807, 2.05) is 17.1 Å². The summed E-state index contributed by atoms with van der Waals surface area (Å²) in [6, 6.07) is 8.84. The Hall–Kier alpha value is -1.10. The molecule has 2 aromatic heterocycles. The molecule has 0 aliphatic carbocycles. The molecule has 0 amide bonds. The molecule has 0 saturated carbocycles. The van der Waals surface area contributed by atoms with Gasteiger partial charge in [-0.1, -0.05) is 37.6 Å². The molecule has 1 atom stereocenters. The van der Waals surface area contributed by atoms with Crippen LogP contribution in [0.2, 0.25) is 5.02 Å². The van der Waals surface area contributed by atoms with Gasteiger partial charge >= 0.3 is 0 Å². The molecular formula is C17H17ClN2S2. The summed E-state index contributed by atoms with van der Waals surface area (Å²) in [5, 5.41) is 3.71. The van der Waals surface area contributed by atoms with Gasteiger partial charge in [0.2, 0.25) is 0 Å². The molecule has 3 rings (SSSR count). The number of nitrogens with zero attached hydrogens (tertiary/aromatic N) is 2. The van der Waals surface area contributed by atoms with E-state index < -0.39 is 0 Å². The highest BCUT2D eigenvalue weighted by Crippen LogP contribution is 2.32. The van der Waals surface area contributed by atoms with Crippen molar-refractivity contribution in [2.45, 2.75) is 31.1 Å². The van der Waals surface area contributed by atoms with E-state index in [2.05, 4.69) is 48.1 Å². The monoisotopic (exact) mass is 348 g/mol. The van der Waals surface area contributed by atoms with Gasteiger partial charge in [-0.25, -0.2) is 9.97 Å². The number of halogens is 1. The van der Waals surface area contributed by atoms with Crippen LogP contribution in [-0.4, -0.2) is 15.7 Å². The van der Waals surface area contributed by atoms with Crippen molar-refractivity contribution in [1.82, 2.24) is 9.97 Å². The highest BCUT2D eigenvalue weighted by Gasteiger charge is 2.14. The molecule has 0 aliphatic rings. The van der Waals surface area contributed by atoms with Crippen molar-refractivity contribution >= 4 is 44.9 Å². The first kappa shape index (κ1) is 15.8. The predicted molar refractivity (Wildman–Crippen MR) is 97.4 cm³/mol. The first-order valence-electron chi connectivity index (χ1n) is 7.28. The molecule has 1 unspecified atom stereocenters. The highest BCUT2D eigenvalue weighted by molar-refractivity contribution is 7.99. The van der Waals surface area contributed by atoms with Crippen LogP contribution in [0.25, 0.3) is 10.2 Å². The summed E-state index contributed by atoms with van der Waals surface area (Å²) in [5.74, 6) is 1.50. The number of fused-ring (bicyclic) bond motifs is 1. The summed E-state index contributed by atoms with van der Waals surface area (Å²) in [6.45, 7) is 4.41. The summed E-state index contributed by atoms with van der Waals surface area (Å²) >= 11 is 9.73. The summed E-state index contributed by atoms with van der Waals surface area (Å²) in [7, 11) is 0. The van der Waals surface area contributed by atoms with E-state index in [0.29, 0.717) is 5.92 Å². The second-order valence-electron chi connectivity index (χ2n) is 5.19. The fourth-order valence-corrected chi connectivity index (χ4v) is 4.36. The average molecular weight is 349 g/mol. The molecule has 0 aliphatic heterocycles. The smallest absolute Gasteiger partial charge is 0.128 e. The molecule has 1 aromatic carbocycles. The Balaban J connectivity index is 1.83. The molecule has 2 nitrogen and oxygen atoms in total. The normalized spacial score (nSPS) is 12.7. The summed E-state index contributed by atoms with van der Waals surface area (Å²) < 4.78 is 0. The Morgan fingerprint density at radius 1 is 1.23 bits per heavy atom. The molecule has 0 bridgehead atoms. The number of aromatic nitrogens is 2. The number of hydrogen-bond donors (Lipinski definition) is 0. The minimum absolute atomic E-state index is 0.398. The van der Waals surface area contributed by atoms with Gasteiger partial charge < -0.3 is 0 Å². The Kier molecular flexibility index (Phi) is 5.01. The van der Waals surface area contributed by atoms with Gasteiger partial charge in [0.15, 0.2) is 0 Å². The van der Waals surface area contributed by atoms with Gasteiger partial charge in [0.25, 0.3) is 0 Å². The maximum Gasteiger partial charge on any atom is 0.128 e. The summed E-state index contributed by atoms with van der Waals surface area (Å²) in [4.78, 5) is 11.0. The van der Waals surface area contributed by atoms with E-state index in [1.54, 1.807) is 17.7 Å². The Labute approximate surface area is 144 Å². The second-order valence-corrected chi connectivity index (χ2v) is 7.79. The van der Waals surface area contributed by atoms with Crippen LogP contribution in [0.1, 0.15) is 31.0 Å². The van der Waals surface area contributed by atoms with Gasteiger partial charge in [0.1, 0.15) is 11.2 Å². The quantitative estimate of drug-likeness (QED) is 0.544. The van der Waals surface area contributed by atoms with Crippen molar-refractivity contribution in [3.63, 3.8) is 0 Å². The minimum Gasteiger partial charge on any atom is -0.241 e. The van der Waals surface area contributed by atoms with Crippen molar-refractivity contribution in [1.29, 1.82) is 0 Å². The number of thiophene rings is 1. The molecule has 2 heterocycles. The number of rotatable bonds is 5. The zero-order chi connectivity index (χ0) is 15.5. The molecule has 5 heteroatoms. The van der Waals surface area contributed by atoms with E-state index in [4.69, 9.17) is 11.6 Å². The number of benzene rings is 1. The van der Waals surface area contributed by atoms with Gasteiger partial charge in [-0.05, 0) is 35.8 Å². The third-order valence-electron chi connectivity index (χ3n) is 3.66. The van der Waals surface area contributed by atoms with E-state index in [0.717, 1.165) is 33.1 Å². The standard InChI is InChI=1S/C17H17ClN2S2/c1-3-21-13-6-4-12(5-7-13)11(2)8-15-16-14(18)9-22-17(16)20-10-19-15/h4-7,9-11H,3,8H2,1-2H3. The van der Waals surface area contributed by atoms with Crippen molar-refractivity contribution in [2.75, 3.05) is 5.75 Å². The van der Waals surface area contributed by atoms with E-state index in [1.165, 1.54) is 10.5 Å². The molecule has 0 N–H and O–H groups in total. The van der Waals surface area contributed by atoms with Crippen molar-refractivity contribution in [2.24, 2.45) is 0 Å². The molecular weight excluding hydrogens is 332 g/mol. The second kappa shape index (κ2) is 6.99. The average Bonchev–Trinajstić information content (AvgIpc) is 2.91. The van der Waals surface area contributed by atoms with Crippen LogP contribution in [-0.2, 0) is 6.42 Å². The minimum atomic E-state index is 0.398. The zero-order valence-corrected chi connectivity index (χ0v) is 14.9. The lowest BCUT2D eigenvalue weighted by atomic mass is 9.95. The molecule has 0 saturated heterocycles. The number of hydrogen-bond acceptors (Lipinski definition) is 4. The Morgan fingerprint density at radius 3 is 2.73 bits per heavy atom. The van der Waals surface area contributed by atoms with Crippen LogP contribution < -0.4 is 0 Å². The lowest BCUT2D eigenvalue weighted by Gasteiger charge is -2.13. The Morgan fingerprint density at radius 2 is 2.00 bits per heavy atom. The van der Waals surface area contributed by atoms with E-state index in [-0.39, 0.29) is 0 Å². The molecule has 114 valence electrons. The summed E-state index contributed by atoms with van der Waals surface area (Å²) in [6.07, 6.45) is 2.51. The first-order valence-corrected chi connectivity index (χ1v) is 9.52. The van der Waals surface area contributed by atoms with Crippen LogP contribution in [0.5, 0.6) is 0 Å². The summed E-state index contributed by atoms with van der Waals surface area (Å²) in [5.41, 5.74) is 2.37. The van der Waals surface area contributed by atoms with Crippen LogP contribution >= 0.6 is 34.7 Å². The van der Waals surface area contributed by atoms with Crippen LogP contribution in [0.4, 0.5) is 0 Å². The molecule has 0 radical (unpaired) electrons. The third kappa shape index (κ3) is 3.29. The first-order chi connectivity index (χ1) is 10.7. The largest absolute Gasteiger partial charge is 0.241 e. The highest BCUT2D eigenvalue weighted by atomic mass is 35.5. The van der Waals surface area contributed by atoms with E-state index >= 15 is 0 Å². The fourth-order valence-electron chi connectivity index (χ4n) is 2.52. The third-order valence-corrected chi connectivity index (χ3v) is 5.87. The molecule has 0 fully saturated rings. The zero-order valence-electron chi connectivity index (χ0n) is 12.5. The lowest BCUT2D eigenvalue weighted by Crippen LogP contribution is -2.01. The molecule has 3 aromatic rings. The van der Waals surface area contributed by atoms with Crippen molar-refractivity contribution in [3.05, 3.63) is 52.3 Å². The van der Waals surface area contributed by atoms with Crippen LogP contribution in [0, 0.1) is 0 Å². The van der Waals surface area contributed by atoms with Crippen molar-refractivity contribution < 1.29 is 0 Å². The van der Waals surface area contributed by atoms with Crippen LogP contribution in [0.3, 0.4) is 0 Å². The lowest BCUT2D eigenvalue weighted by molar-refractivity contribution is 0.744. The Bertz CT molecular complexity index is 768. The number of thioether (sulfide) groups is 1. The molecule has 0 spiro atoms. The van der Waals surface area contributed by atoms with E-state index in [9.17, 15) is 0 Å². The topological polar surface area (TPSA) is 25.8 Å². The maximum absolute atomic E-state index is 6.29. The van der Waals surface area contributed by atoms with Gasteiger partial charge in [0.05, 0.1) is 16.1 Å². The van der Waals surface area contributed by atoms with Gasteiger partial charge in [-0.2, -0.15) is 0 Å². The fraction of sp³-hybridized carbons (Fsp3) is 0.294. The maximum atomic E-state index is 6.29.